The number of thioether (sulfide) groups is 2. The highest BCUT2D eigenvalue weighted by atomic mass is 32.2. The van der Waals surface area contributed by atoms with E-state index < -0.39 is 16.2 Å². The highest BCUT2D eigenvalue weighted by molar-refractivity contribution is 8.06. The number of fused-ring (bicyclic) bond motifs is 1. The van der Waals surface area contributed by atoms with Crippen LogP contribution in [0.4, 0.5) is 11.5 Å². The van der Waals surface area contributed by atoms with E-state index in [2.05, 4.69) is 10.3 Å². The third kappa shape index (κ3) is 3.05. The fourth-order valence-corrected chi connectivity index (χ4v) is 4.84. The monoisotopic (exact) mass is 338 g/mol. The molecule has 22 heavy (non-hydrogen) atoms. The molecule has 7 nitrogen and oxygen atoms in total. The van der Waals surface area contributed by atoms with Gasteiger partial charge in [-0.1, -0.05) is 6.07 Å². The first-order valence-electron chi connectivity index (χ1n) is 6.76. The molecule has 3 rings (SSSR count). The summed E-state index contributed by atoms with van der Waals surface area (Å²) in [6.07, 6.45) is 1.48. The molecule has 116 valence electrons. The van der Waals surface area contributed by atoms with E-state index in [0.29, 0.717) is 17.4 Å². The maximum Gasteiger partial charge on any atom is 0.376 e. The van der Waals surface area contributed by atoms with Crippen molar-refractivity contribution in [1.29, 1.82) is 0 Å². The van der Waals surface area contributed by atoms with Crippen LogP contribution in [0, 0.1) is 10.1 Å². The summed E-state index contributed by atoms with van der Waals surface area (Å²) < 4.78 is 1.19. The molecule has 3 heterocycles. The normalized spacial score (nSPS) is 18.3. The van der Waals surface area contributed by atoms with Crippen molar-refractivity contribution in [3.63, 3.8) is 0 Å². The van der Waals surface area contributed by atoms with Gasteiger partial charge in [-0.25, -0.2) is 4.98 Å². The summed E-state index contributed by atoms with van der Waals surface area (Å²) in [5.74, 6) is 3.26. The van der Waals surface area contributed by atoms with Crippen LogP contribution in [0.5, 0.6) is 0 Å². The van der Waals surface area contributed by atoms with Gasteiger partial charge in [0.2, 0.25) is 5.82 Å². The van der Waals surface area contributed by atoms with Gasteiger partial charge in [-0.05, 0) is 12.1 Å². The number of rotatable bonds is 4. The molecule has 1 saturated heterocycles. The quantitative estimate of drug-likeness (QED) is 0.672. The van der Waals surface area contributed by atoms with Crippen LogP contribution in [-0.4, -0.2) is 43.4 Å². The Labute approximate surface area is 134 Å². The minimum atomic E-state index is -0.667. The van der Waals surface area contributed by atoms with Crippen LogP contribution < -0.4 is 10.9 Å². The number of aromatic nitrogens is 2. The summed E-state index contributed by atoms with van der Waals surface area (Å²) in [5.41, 5.74) is -0.771. The molecule has 0 aliphatic carbocycles. The fraction of sp³-hybridized carbons (Fsp3) is 0.385. The Hall–Kier alpha value is -1.74. The lowest BCUT2D eigenvalue weighted by atomic mass is 10.4. The van der Waals surface area contributed by atoms with Gasteiger partial charge in [-0.3, -0.25) is 19.3 Å². The number of pyridine rings is 1. The van der Waals surface area contributed by atoms with Crippen molar-refractivity contribution in [3.8, 4) is 0 Å². The fourth-order valence-electron chi connectivity index (χ4n) is 2.23. The largest absolute Gasteiger partial charge is 0.376 e. The van der Waals surface area contributed by atoms with Crippen molar-refractivity contribution >= 4 is 40.7 Å². The van der Waals surface area contributed by atoms with Crippen molar-refractivity contribution in [3.05, 3.63) is 44.9 Å². The average Bonchev–Trinajstić information content (AvgIpc) is 2.53. The molecule has 1 fully saturated rings. The van der Waals surface area contributed by atoms with E-state index in [1.54, 1.807) is 18.2 Å². The van der Waals surface area contributed by atoms with Gasteiger partial charge >= 0.3 is 11.2 Å². The van der Waals surface area contributed by atoms with E-state index >= 15 is 0 Å². The van der Waals surface area contributed by atoms with Crippen molar-refractivity contribution < 1.29 is 4.92 Å². The first-order chi connectivity index (χ1) is 10.7. The zero-order valence-corrected chi connectivity index (χ0v) is 13.2. The van der Waals surface area contributed by atoms with Crippen LogP contribution in [0.3, 0.4) is 0 Å². The highest BCUT2D eigenvalue weighted by Crippen LogP contribution is 2.25. The van der Waals surface area contributed by atoms with Crippen LogP contribution in [-0.2, 0) is 0 Å². The summed E-state index contributed by atoms with van der Waals surface area (Å²) in [6, 6.07) is 5.04. The van der Waals surface area contributed by atoms with Gasteiger partial charge in [-0.15, -0.1) is 0 Å². The first-order valence-corrected chi connectivity index (χ1v) is 8.96. The molecule has 9 heteroatoms. The number of hydrogen-bond acceptors (Lipinski definition) is 7. The molecular formula is C13H14N4O3S2. The number of nitrogens with zero attached hydrogens (tertiary/aromatic N) is 3. The minimum absolute atomic E-state index is 0.0531. The van der Waals surface area contributed by atoms with E-state index in [0.717, 1.165) is 17.3 Å². The van der Waals surface area contributed by atoms with E-state index in [4.69, 9.17) is 0 Å². The average molecular weight is 338 g/mol. The number of nitrogens with one attached hydrogen (secondary N) is 1. The molecule has 2 aromatic heterocycles. The number of anilines is 1. The van der Waals surface area contributed by atoms with Crippen LogP contribution >= 0.6 is 23.5 Å². The third-order valence-electron chi connectivity index (χ3n) is 3.28. The zero-order chi connectivity index (χ0) is 15.5. The Morgan fingerprint density at radius 3 is 3.05 bits per heavy atom. The smallest absolute Gasteiger partial charge is 0.363 e. The van der Waals surface area contributed by atoms with E-state index in [-0.39, 0.29) is 5.82 Å². The Bertz CT molecular complexity index is 759. The molecule has 1 aliphatic heterocycles. The van der Waals surface area contributed by atoms with Gasteiger partial charge in [0.15, 0.2) is 0 Å². The van der Waals surface area contributed by atoms with E-state index in [1.807, 2.05) is 23.5 Å². The Balaban J connectivity index is 1.94. The molecular weight excluding hydrogens is 324 g/mol. The third-order valence-corrected chi connectivity index (χ3v) is 6.12. The standard InChI is InChI=1S/C13H14N4O3S2/c18-13-11(17(19)20)12(14-7-9-8-21-5-6-22-9)15-10-3-1-2-4-16(10)13/h1-4,9,14H,5-8H2. The molecule has 0 bridgehead atoms. The molecule has 0 aromatic carbocycles. The molecule has 1 unspecified atom stereocenters. The van der Waals surface area contributed by atoms with Crippen LogP contribution in [0.25, 0.3) is 5.65 Å². The maximum absolute atomic E-state index is 12.3. The predicted molar refractivity (Wildman–Crippen MR) is 90.2 cm³/mol. The van der Waals surface area contributed by atoms with Gasteiger partial charge in [0.25, 0.3) is 0 Å². The van der Waals surface area contributed by atoms with E-state index in [1.165, 1.54) is 10.6 Å². The lowest BCUT2D eigenvalue weighted by molar-refractivity contribution is -0.385. The SMILES string of the molecule is O=c1c([N+](=O)[O-])c(NCC2CSCCS2)nc2ccccn12. The molecule has 1 atom stereocenters. The van der Waals surface area contributed by atoms with Crippen molar-refractivity contribution in [2.75, 3.05) is 29.1 Å². The van der Waals surface area contributed by atoms with E-state index in [9.17, 15) is 14.9 Å². The number of hydrogen-bond donors (Lipinski definition) is 1. The summed E-state index contributed by atoms with van der Waals surface area (Å²) >= 11 is 3.71. The molecule has 0 spiro atoms. The summed E-state index contributed by atoms with van der Waals surface area (Å²) in [4.78, 5) is 27.1. The van der Waals surface area contributed by atoms with Crippen LogP contribution in [0.15, 0.2) is 29.2 Å². The van der Waals surface area contributed by atoms with Gasteiger partial charge in [-0.2, -0.15) is 23.5 Å². The van der Waals surface area contributed by atoms with Crippen LogP contribution in [0.2, 0.25) is 0 Å². The summed E-state index contributed by atoms with van der Waals surface area (Å²) in [7, 11) is 0. The Kier molecular flexibility index (Phi) is 4.53. The lowest BCUT2D eigenvalue weighted by Gasteiger charge is -2.21. The Morgan fingerprint density at radius 2 is 2.32 bits per heavy atom. The van der Waals surface area contributed by atoms with Gasteiger partial charge in [0.05, 0.1) is 4.92 Å². The zero-order valence-electron chi connectivity index (χ0n) is 11.6. The second-order valence-corrected chi connectivity index (χ2v) is 7.31. The molecule has 0 radical (unpaired) electrons. The van der Waals surface area contributed by atoms with Gasteiger partial charge < -0.3 is 5.32 Å². The highest BCUT2D eigenvalue weighted by Gasteiger charge is 2.24. The minimum Gasteiger partial charge on any atom is -0.363 e. The van der Waals surface area contributed by atoms with Crippen molar-refractivity contribution in [2.24, 2.45) is 0 Å². The second-order valence-electron chi connectivity index (χ2n) is 4.75. The Morgan fingerprint density at radius 1 is 1.45 bits per heavy atom. The molecule has 1 N–H and O–H groups in total. The maximum atomic E-state index is 12.3. The molecule has 1 aliphatic rings. The second kappa shape index (κ2) is 6.57. The first kappa shape index (κ1) is 15.2. The predicted octanol–water partition coefficient (Wildman–Crippen LogP) is 1.86. The summed E-state index contributed by atoms with van der Waals surface area (Å²) in [5, 5.41) is 14.6. The van der Waals surface area contributed by atoms with Gasteiger partial charge in [0, 0.05) is 35.3 Å². The van der Waals surface area contributed by atoms with Gasteiger partial charge in [0.1, 0.15) is 5.65 Å². The lowest BCUT2D eigenvalue weighted by Crippen LogP contribution is -2.26. The number of nitro groups is 1. The van der Waals surface area contributed by atoms with Crippen molar-refractivity contribution in [2.45, 2.75) is 5.25 Å². The van der Waals surface area contributed by atoms with Crippen molar-refractivity contribution in [1.82, 2.24) is 9.38 Å². The molecule has 0 saturated carbocycles. The summed E-state index contributed by atoms with van der Waals surface area (Å²) in [6.45, 7) is 0.563. The molecule has 2 aromatic rings. The topological polar surface area (TPSA) is 89.5 Å². The van der Waals surface area contributed by atoms with Crippen LogP contribution in [0.1, 0.15) is 0 Å². The molecule has 0 amide bonds.